The van der Waals surface area contributed by atoms with Crippen molar-refractivity contribution >= 4 is 21.3 Å². The Labute approximate surface area is 185 Å². The summed E-state index contributed by atoms with van der Waals surface area (Å²) < 4.78 is 28.9. The van der Waals surface area contributed by atoms with E-state index < -0.39 is 15.4 Å². The van der Waals surface area contributed by atoms with Crippen molar-refractivity contribution in [2.75, 3.05) is 51.6 Å². The van der Waals surface area contributed by atoms with Gasteiger partial charge in [-0.2, -0.15) is 0 Å². The molecule has 0 aromatic heterocycles. The molecule has 0 bridgehead atoms. The van der Waals surface area contributed by atoms with Crippen LogP contribution in [-0.4, -0.2) is 71.3 Å². The average molecular weight is 445 g/mol. The first-order chi connectivity index (χ1) is 14.7. The first-order valence-corrected chi connectivity index (χ1v) is 12.5. The molecule has 3 rings (SSSR count). The van der Waals surface area contributed by atoms with Crippen LogP contribution >= 0.6 is 0 Å². The van der Waals surface area contributed by atoms with Gasteiger partial charge in [0.15, 0.2) is 15.6 Å². The smallest absolute Gasteiger partial charge is 0.183 e. The molecule has 1 heterocycles. The molecule has 0 aliphatic carbocycles. The number of ether oxygens (including phenoxy) is 1. The Balaban J connectivity index is 1.86. The van der Waals surface area contributed by atoms with Crippen molar-refractivity contribution < 1.29 is 17.9 Å². The maximum atomic E-state index is 13.7. The number of benzene rings is 2. The summed E-state index contributed by atoms with van der Waals surface area (Å²) in [5, 5.41) is 0. The zero-order chi connectivity index (χ0) is 22.6. The van der Waals surface area contributed by atoms with Gasteiger partial charge in [0.1, 0.15) is 0 Å². The number of nitrogens with zero attached hydrogens (tertiary/aromatic N) is 2. The fraction of sp³-hybridized carbons (Fsp3) is 0.458. The highest BCUT2D eigenvalue weighted by Gasteiger charge is 2.39. The molecule has 6 nitrogen and oxygen atoms in total. The maximum absolute atomic E-state index is 13.7. The summed E-state index contributed by atoms with van der Waals surface area (Å²) in [6, 6.07) is 14.7. The number of morpholine rings is 1. The number of anilines is 1. The fourth-order valence-electron chi connectivity index (χ4n) is 4.15. The lowest BCUT2D eigenvalue weighted by atomic mass is 9.80. The molecule has 1 atom stereocenters. The van der Waals surface area contributed by atoms with E-state index in [0.717, 1.165) is 37.6 Å². The highest BCUT2D eigenvalue weighted by molar-refractivity contribution is 7.90. The van der Waals surface area contributed by atoms with Crippen molar-refractivity contribution in [2.45, 2.75) is 30.2 Å². The van der Waals surface area contributed by atoms with Crippen LogP contribution in [0.4, 0.5) is 5.69 Å². The second-order valence-electron chi connectivity index (χ2n) is 8.35. The second kappa shape index (κ2) is 9.51. The number of carbonyl (C=O) groups is 1. The van der Waals surface area contributed by atoms with Gasteiger partial charge < -0.3 is 9.64 Å². The van der Waals surface area contributed by atoms with E-state index in [0.29, 0.717) is 18.4 Å². The number of hydrogen-bond acceptors (Lipinski definition) is 6. The lowest BCUT2D eigenvalue weighted by molar-refractivity contribution is 0.0666. The van der Waals surface area contributed by atoms with Gasteiger partial charge in [-0.1, -0.05) is 19.1 Å². The maximum Gasteiger partial charge on any atom is 0.183 e. The zero-order valence-corrected chi connectivity index (χ0v) is 19.6. The normalized spacial score (nSPS) is 16.9. The zero-order valence-electron chi connectivity index (χ0n) is 18.8. The van der Waals surface area contributed by atoms with Crippen LogP contribution in [0.5, 0.6) is 0 Å². The largest absolute Gasteiger partial charge is 0.378 e. The molecule has 1 fully saturated rings. The summed E-state index contributed by atoms with van der Waals surface area (Å²) in [6.07, 6.45) is 2.34. The van der Waals surface area contributed by atoms with Crippen LogP contribution in [0.3, 0.4) is 0 Å². The van der Waals surface area contributed by atoms with E-state index in [-0.39, 0.29) is 10.7 Å². The molecule has 1 aliphatic rings. The standard InChI is InChI=1S/C24H32N2O4S/c1-5-24(25(2)3,18-19-6-12-22(13-7-19)31(4,28)29)23(27)20-8-10-21(11-9-20)26-14-16-30-17-15-26/h6-13H,5,14-18H2,1-4H3. The van der Waals surface area contributed by atoms with Gasteiger partial charge in [0.25, 0.3) is 0 Å². The van der Waals surface area contributed by atoms with Crippen molar-refractivity contribution in [3.63, 3.8) is 0 Å². The van der Waals surface area contributed by atoms with Crippen LogP contribution < -0.4 is 4.90 Å². The molecule has 168 valence electrons. The molecule has 2 aromatic rings. The molecule has 0 N–H and O–H groups in total. The van der Waals surface area contributed by atoms with Crippen molar-refractivity contribution in [2.24, 2.45) is 0 Å². The number of Topliss-reactive ketones (excluding diaryl/α,β-unsaturated/α-hetero) is 1. The Kier molecular flexibility index (Phi) is 7.19. The summed E-state index contributed by atoms with van der Waals surface area (Å²) in [6.45, 7) is 5.17. The Hall–Kier alpha value is -2.22. The van der Waals surface area contributed by atoms with Crippen LogP contribution in [-0.2, 0) is 21.0 Å². The number of sulfone groups is 1. The van der Waals surface area contributed by atoms with Gasteiger partial charge in [0.05, 0.1) is 23.6 Å². The van der Waals surface area contributed by atoms with Gasteiger partial charge >= 0.3 is 0 Å². The molecule has 0 radical (unpaired) electrons. The Bertz CT molecular complexity index is 995. The van der Waals surface area contributed by atoms with E-state index in [1.54, 1.807) is 24.3 Å². The van der Waals surface area contributed by atoms with Crippen LogP contribution in [0.2, 0.25) is 0 Å². The number of hydrogen-bond donors (Lipinski definition) is 0. The highest BCUT2D eigenvalue weighted by atomic mass is 32.2. The molecule has 31 heavy (non-hydrogen) atoms. The van der Waals surface area contributed by atoms with Gasteiger partial charge in [-0.15, -0.1) is 0 Å². The second-order valence-corrected chi connectivity index (χ2v) is 10.4. The summed E-state index contributed by atoms with van der Waals surface area (Å²) in [5.41, 5.74) is 2.00. The number of likely N-dealkylation sites (N-methyl/N-ethyl adjacent to an activating group) is 1. The van der Waals surface area contributed by atoms with E-state index in [4.69, 9.17) is 4.74 Å². The molecular weight excluding hydrogens is 412 g/mol. The van der Waals surface area contributed by atoms with E-state index >= 15 is 0 Å². The van der Waals surface area contributed by atoms with Gasteiger partial charge in [-0.3, -0.25) is 9.69 Å². The number of ketones is 1. The van der Waals surface area contributed by atoms with Crippen LogP contribution in [0.1, 0.15) is 29.3 Å². The van der Waals surface area contributed by atoms with Crippen molar-refractivity contribution in [3.8, 4) is 0 Å². The molecule has 1 aliphatic heterocycles. The van der Waals surface area contributed by atoms with E-state index in [2.05, 4.69) is 4.90 Å². The van der Waals surface area contributed by atoms with Crippen LogP contribution in [0.15, 0.2) is 53.4 Å². The number of carbonyl (C=O) groups excluding carboxylic acids is 1. The minimum absolute atomic E-state index is 0.0701. The Morgan fingerprint density at radius 3 is 2.10 bits per heavy atom. The topological polar surface area (TPSA) is 66.9 Å². The first-order valence-electron chi connectivity index (χ1n) is 10.6. The SMILES string of the molecule is CCC(Cc1ccc(S(C)(=O)=O)cc1)(C(=O)c1ccc(N2CCOCC2)cc1)N(C)C. The third-order valence-electron chi connectivity index (χ3n) is 6.22. The molecular formula is C24H32N2O4S. The Morgan fingerprint density at radius 2 is 1.61 bits per heavy atom. The fourth-order valence-corrected chi connectivity index (χ4v) is 4.78. The van der Waals surface area contributed by atoms with E-state index in [9.17, 15) is 13.2 Å². The monoisotopic (exact) mass is 444 g/mol. The molecule has 0 amide bonds. The lowest BCUT2D eigenvalue weighted by Crippen LogP contribution is -2.52. The van der Waals surface area contributed by atoms with Gasteiger partial charge in [-0.25, -0.2) is 8.42 Å². The minimum atomic E-state index is -3.25. The lowest BCUT2D eigenvalue weighted by Gasteiger charge is -2.38. The molecule has 0 spiro atoms. The third-order valence-corrected chi connectivity index (χ3v) is 7.35. The van der Waals surface area contributed by atoms with Crippen molar-refractivity contribution in [1.29, 1.82) is 0 Å². The van der Waals surface area contributed by atoms with E-state index in [1.807, 2.05) is 50.2 Å². The average Bonchev–Trinajstić information content (AvgIpc) is 2.77. The van der Waals surface area contributed by atoms with Crippen molar-refractivity contribution in [1.82, 2.24) is 4.90 Å². The summed E-state index contributed by atoms with van der Waals surface area (Å²) in [7, 11) is 0.603. The molecule has 7 heteroatoms. The van der Waals surface area contributed by atoms with Gasteiger partial charge in [0, 0.05) is 30.6 Å². The Morgan fingerprint density at radius 1 is 1.03 bits per heavy atom. The van der Waals surface area contributed by atoms with Gasteiger partial charge in [-0.05, 0) is 68.9 Å². The van der Waals surface area contributed by atoms with E-state index in [1.165, 1.54) is 6.26 Å². The molecule has 2 aromatic carbocycles. The molecule has 0 saturated carbocycles. The number of rotatable bonds is 8. The van der Waals surface area contributed by atoms with Crippen molar-refractivity contribution in [3.05, 3.63) is 59.7 Å². The first kappa shape index (κ1) is 23.4. The van der Waals surface area contributed by atoms with Crippen LogP contribution in [0.25, 0.3) is 0 Å². The summed E-state index contributed by atoms with van der Waals surface area (Å²) in [4.78, 5) is 18.2. The summed E-state index contributed by atoms with van der Waals surface area (Å²) in [5.74, 6) is 0.0701. The quantitative estimate of drug-likeness (QED) is 0.583. The summed E-state index contributed by atoms with van der Waals surface area (Å²) >= 11 is 0. The van der Waals surface area contributed by atoms with Gasteiger partial charge in [0.2, 0.25) is 0 Å². The molecule has 1 unspecified atom stereocenters. The highest BCUT2D eigenvalue weighted by Crippen LogP contribution is 2.29. The molecule has 1 saturated heterocycles. The third kappa shape index (κ3) is 5.17. The predicted molar refractivity (Wildman–Crippen MR) is 124 cm³/mol. The van der Waals surface area contributed by atoms with Crippen LogP contribution in [0, 0.1) is 0 Å². The predicted octanol–water partition coefficient (Wildman–Crippen LogP) is 3.06. The minimum Gasteiger partial charge on any atom is -0.378 e.